The van der Waals surface area contributed by atoms with Crippen molar-refractivity contribution in [1.29, 1.82) is 15.8 Å². The Morgan fingerprint density at radius 3 is 1.02 bits per heavy atom. The van der Waals surface area contributed by atoms with Crippen LogP contribution >= 0.6 is 0 Å². The molecule has 3 aliphatic rings. The lowest BCUT2D eigenvalue weighted by molar-refractivity contribution is -0.148. The minimum Gasteiger partial charge on any atom is -0.481 e. The lowest BCUT2D eigenvalue weighted by atomic mass is 9.74. The number of nitrogens with two attached hydrogens (primary N) is 1. The molecule has 0 aromatic rings. The average Bonchev–Trinajstić information content (AvgIpc) is 3.84. The summed E-state index contributed by atoms with van der Waals surface area (Å²) in [5.74, 6) is -3.09. The predicted octanol–water partition coefficient (Wildman–Crippen LogP) is 5.82. The van der Waals surface area contributed by atoms with Gasteiger partial charge in [0.2, 0.25) is 0 Å². The van der Waals surface area contributed by atoms with E-state index in [9.17, 15) is 28.8 Å². The predicted molar refractivity (Wildman–Crippen MR) is 181 cm³/mol. The highest BCUT2D eigenvalue weighted by Crippen LogP contribution is 2.49. The van der Waals surface area contributed by atoms with E-state index in [-0.39, 0.29) is 58.8 Å². The van der Waals surface area contributed by atoms with Gasteiger partial charge in [0, 0.05) is 18.8 Å². The highest BCUT2D eigenvalue weighted by Gasteiger charge is 2.53. The van der Waals surface area contributed by atoms with Gasteiger partial charge in [-0.15, -0.1) is 0 Å². The van der Waals surface area contributed by atoms with E-state index in [1.54, 1.807) is 26.8 Å². The number of ketones is 4. The van der Waals surface area contributed by atoms with E-state index in [0.717, 1.165) is 0 Å². The molecule has 0 radical (unpaired) electrons. The van der Waals surface area contributed by atoms with Gasteiger partial charge in [-0.3, -0.25) is 28.8 Å². The molecule has 0 heterocycles. The SMILES string of the molecule is CC(=O)[C@@H](CC(=O)C1(C#N)CC1)C(C)(C)C.CC(=O)[C@@H](N)C(C)(C)C.CC(C)(C)[C@H](CC(=O)C1(C#N)CC1)C(=O)O.N#CC1(C(=O)O)CC1. The van der Waals surface area contributed by atoms with E-state index in [1.807, 2.05) is 47.6 Å². The van der Waals surface area contributed by atoms with Gasteiger partial charge in [0.1, 0.15) is 22.4 Å². The standard InChI is InChI=1S/C13H19NO2.C12H17NO3.C7H15NO.C5H5NO2/c1-9(15)10(12(2,3)4)7-11(16)13(8-14)5-6-13;1-11(2,3)8(10(15)16)6-9(14)12(7-13)4-5-12;1-5(9)6(8)7(2,3)4;6-3-5(1-2-5)4(7)8/h10H,5-7H2,1-4H3;8H,4-6H2,1-3H3,(H,15,16);6H,8H2,1-4H3;1-2H2,(H,7,8)/t10-;8-;6-;/m111./s1. The fourth-order valence-electron chi connectivity index (χ4n) is 4.85. The van der Waals surface area contributed by atoms with Gasteiger partial charge < -0.3 is 15.9 Å². The van der Waals surface area contributed by atoms with Crippen molar-refractivity contribution >= 4 is 35.1 Å². The molecule has 3 aliphatic carbocycles. The molecule has 0 saturated heterocycles. The van der Waals surface area contributed by atoms with Crippen molar-refractivity contribution in [3.05, 3.63) is 0 Å². The van der Waals surface area contributed by atoms with E-state index >= 15 is 0 Å². The number of nitrogens with zero attached hydrogens (tertiary/aromatic N) is 3. The fourth-order valence-corrected chi connectivity index (χ4v) is 4.85. The molecule has 3 fully saturated rings. The number of hydrogen-bond donors (Lipinski definition) is 3. The topological polar surface area (TPSA) is 240 Å². The number of carbonyl (C=O) groups is 6. The molecule has 0 spiro atoms. The van der Waals surface area contributed by atoms with Crippen LogP contribution in [0, 0.1) is 78.3 Å². The van der Waals surface area contributed by atoms with Crippen molar-refractivity contribution in [2.45, 2.75) is 134 Å². The number of aliphatic carboxylic acids is 2. The van der Waals surface area contributed by atoms with Gasteiger partial charge in [0.05, 0.1) is 30.2 Å². The summed E-state index contributed by atoms with van der Waals surface area (Å²) in [5.41, 5.74) is 2.17. The Morgan fingerprint density at radius 1 is 0.592 bits per heavy atom. The molecular weight excluding hydrogens is 628 g/mol. The van der Waals surface area contributed by atoms with Crippen LogP contribution in [0.1, 0.15) is 128 Å². The first kappa shape index (κ1) is 45.0. The van der Waals surface area contributed by atoms with Crippen LogP contribution in [-0.2, 0) is 28.8 Å². The molecule has 0 aromatic carbocycles. The third-order valence-corrected chi connectivity index (χ3v) is 9.40. The quantitative estimate of drug-likeness (QED) is 0.246. The van der Waals surface area contributed by atoms with Crippen LogP contribution in [0.25, 0.3) is 0 Å². The summed E-state index contributed by atoms with van der Waals surface area (Å²) in [6.45, 7) is 20.2. The Hall–Kier alpha value is -3.95. The molecular formula is C37H56N4O8. The Balaban J connectivity index is 0.000000655. The molecule has 4 N–H and O–H groups in total. The normalized spacial score (nSPS) is 19.1. The molecule has 3 rings (SSSR count). The second kappa shape index (κ2) is 16.6. The summed E-state index contributed by atoms with van der Waals surface area (Å²) in [4.78, 5) is 67.1. The number of nitriles is 3. The van der Waals surface area contributed by atoms with E-state index in [2.05, 4.69) is 6.07 Å². The van der Waals surface area contributed by atoms with Gasteiger partial charge in [-0.25, -0.2) is 0 Å². The molecule has 3 atom stereocenters. The lowest BCUT2D eigenvalue weighted by Gasteiger charge is -2.28. The van der Waals surface area contributed by atoms with Gasteiger partial charge in [-0.2, -0.15) is 15.8 Å². The molecule has 0 aliphatic heterocycles. The Labute approximate surface area is 291 Å². The van der Waals surface area contributed by atoms with Crippen LogP contribution in [-0.4, -0.2) is 51.3 Å². The fraction of sp³-hybridized carbons (Fsp3) is 0.757. The third-order valence-electron chi connectivity index (χ3n) is 9.40. The van der Waals surface area contributed by atoms with Gasteiger partial charge in [0.15, 0.2) is 17.0 Å². The second-order valence-corrected chi connectivity index (χ2v) is 16.9. The average molecular weight is 685 g/mol. The minimum atomic E-state index is -0.986. The highest BCUT2D eigenvalue weighted by molar-refractivity contribution is 5.94. The van der Waals surface area contributed by atoms with Crippen molar-refractivity contribution in [3.63, 3.8) is 0 Å². The molecule has 3 saturated carbocycles. The number of hydrogen-bond acceptors (Lipinski definition) is 10. The van der Waals surface area contributed by atoms with Gasteiger partial charge >= 0.3 is 11.9 Å². The van der Waals surface area contributed by atoms with Gasteiger partial charge in [0.25, 0.3) is 0 Å². The summed E-state index contributed by atoms with van der Waals surface area (Å²) >= 11 is 0. The van der Waals surface area contributed by atoms with Crippen molar-refractivity contribution in [1.82, 2.24) is 0 Å². The first-order chi connectivity index (χ1) is 22.0. The third kappa shape index (κ3) is 13.5. The lowest BCUT2D eigenvalue weighted by Crippen LogP contribution is -2.40. The maximum atomic E-state index is 11.9. The van der Waals surface area contributed by atoms with Crippen LogP contribution in [0.2, 0.25) is 0 Å². The molecule has 0 amide bonds. The number of carbonyl (C=O) groups excluding carboxylic acids is 4. The zero-order valence-electron chi connectivity index (χ0n) is 31.2. The summed E-state index contributed by atoms with van der Waals surface area (Å²) in [6.07, 6.45) is 3.72. The molecule has 49 heavy (non-hydrogen) atoms. The number of Topliss-reactive ketones (excluding diaryl/α,β-unsaturated/α-hetero) is 4. The summed E-state index contributed by atoms with van der Waals surface area (Å²) in [7, 11) is 0. The van der Waals surface area contributed by atoms with Gasteiger partial charge in [-0.1, -0.05) is 62.3 Å². The van der Waals surface area contributed by atoms with Crippen LogP contribution in [0.4, 0.5) is 0 Å². The van der Waals surface area contributed by atoms with Crippen LogP contribution in [0.5, 0.6) is 0 Å². The number of carboxylic acids is 2. The molecule has 12 nitrogen and oxygen atoms in total. The van der Waals surface area contributed by atoms with Crippen molar-refractivity contribution < 1.29 is 39.0 Å². The minimum absolute atomic E-state index is 0.0353. The molecule has 0 aromatic heterocycles. The zero-order chi connectivity index (χ0) is 39.0. The van der Waals surface area contributed by atoms with Crippen molar-refractivity contribution in [3.8, 4) is 18.2 Å². The Bertz CT molecular complexity index is 1320. The summed E-state index contributed by atoms with van der Waals surface area (Å²) < 4.78 is 0. The first-order valence-electron chi connectivity index (χ1n) is 16.6. The first-order valence-corrected chi connectivity index (χ1v) is 16.6. The van der Waals surface area contributed by atoms with E-state index < -0.39 is 39.5 Å². The number of carboxylic acid groups (broad SMARTS) is 2. The molecule has 12 heteroatoms. The highest BCUT2D eigenvalue weighted by atomic mass is 16.4. The van der Waals surface area contributed by atoms with E-state index in [1.165, 1.54) is 13.8 Å². The Kier molecular flexibility index (Phi) is 15.3. The Morgan fingerprint density at radius 2 is 0.898 bits per heavy atom. The van der Waals surface area contributed by atoms with Crippen LogP contribution in [0.15, 0.2) is 0 Å². The smallest absolute Gasteiger partial charge is 0.324 e. The van der Waals surface area contributed by atoms with Crippen LogP contribution < -0.4 is 5.73 Å². The molecule has 0 bridgehead atoms. The summed E-state index contributed by atoms with van der Waals surface area (Å²) in [5, 5.41) is 43.3. The monoisotopic (exact) mass is 684 g/mol. The maximum Gasteiger partial charge on any atom is 0.324 e. The maximum absolute atomic E-state index is 11.9. The van der Waals surface area contributed by atoms with Crippen molar-refractivity contribution in [2.75, 3.05) is 0 Å². The number of rotatable bonds is 10. The van der Waals surface area contributed by atoms with Crippen LogP contribution in [0.3, 0.4) is 0 Å². The zero-order valence-corrected chi connectivity index (χ0v) is 31.2. The van der Waals surface area contributed by atoms with Gasteiger partial charge in [-0.05, 0) is 68.6 Å². The van der Waals surface area contributed by atoms with E-state index in [4.69, 9.17) is 31.7 Å². The van der Waals surface area contributed by atoms with E-state index in [0.29, 0.717) is 38.5 Å². The molecule has 0 unspecified atom stereocenters. The largest absolute Gasteiger partial charge is 0.481 e. The molecule has 272 valence electrons. The van der Waals surface area contributed by atoms with Crippen molar-refractivity contribution in [2.24, 2.45) is 50.1 Å². The second-order valence-electron chi connectivity index (χ2n) is 16.9. The summed E-state index contributed by atoms with van der Waals surface area (Å²) in [6, 6.07) is 5.52.